The molecule has 0 aliphatic carbocycles. The van der Waals surface area contributed by atoms with Crippen molar-refractivity contribution in [1.29, 1.82) is 0 Å². The van der Waals surface area contributed by atoms with Crippen LogP contribution in [0.25, 0.3) is 0 Å². The number of benzene rings is 1. The average molecular weight is 205 g/mol. The molecule has 1 saturated heterocycles. The second-order valence-corrected chi connectivity index (χ2v) is 4.22. The van der Waals surface area contributed by atoms with Crippen LogP contribution in [0.2, 0.25) is 0 Å². The van der Waals surface area contributed by atoms with E-state index < -0.39 is 0 Å². The standard InChI is InChI=1S/C13H19NO/c14-8-2-1-3-11-4-6-12(7-5-11)13-9-15-10-13/h4-7,13H,1-3,8-10,14H2. The van der Waals surface area contributed by atoms with Gasteiger partial charge < -0.3 is 10.5 Å². The summed E-state index contributed by atoms with van der Waals surface area (Å²) >= 11 is 0. The minimum atomic E-state index is 0.642. The maximum atomic E-state index is 5.47. The summed E-state index contributed by atoms with van der Waals surface area (Å²) in [7, 11) is 0. The van der Waals surface area contributed by atoms with Crippen LogP contribution >= 0.6 is 0 Å². The number of ether oxygens (including phenoxy) is 1. The van der Waals surface area contributed by atoms with Crippen molar-refractivity contribution in [3.8, 4) is 0 Å². The van der Waals surface area contributed by atoms with Crippen LogP contribution < -0.4 is 5.73 Å². The van der Waals surface area contributed by atoms with Gasteiger partial charge in [0.1, 0.15) is 0 Å². The molecule has 2 N–H and O–H groups in total. The Kier molecular flexibility index (Phi) is 3.75. The summed E-state index contributed by atoms with van der Waals surface area (Å²) in [5.74, 6) is 0.642. The van der Waals surface area contributed by atoms with Crippen molar-refractivity contribution < 1.29 is 4.74 Å². The fraction of sp³-hybridized carbons (Fsp3) is 0.538. The molecule has 1 aliphatic heterocycles. The molecule has 0 radical (unpaired) electrons. The third-order valence-electron chi connectivity index (χ3n) is 3.01. The summed E-state index contributed by atoms with van der Waals surface area (Å²) in [6.45, 7) is 2.59. The van der Waals surface area contributed by atoms with Gasteiger partial charge in [-0.1, -0.05) is 24.3 Å². The zero-order valence-electron chi connectivity index (χ0n) is 9.11. The van der Waals surface area contributed by atoms with E-state index in [1.54, 1.807) is 0 Å². The molecule has 82 valence electrons. The van der Waals surface area contributed by atoms with Crippen molar-refractivity contribution in [2.75, 3.05) is 19.8 Å². The quantitative estimate of drug-likeness (QED) is 0.747. The molecule has 1 aromatic rings. The van der Waals surface area contributed by atoms with Gasteiger partial charge in [0.05, 0.1) is 13.2 Å². The number of nitrogens with two attached hydrogens (primary N) is 1. The molecule has 0 spiro atoms. The van der Waals surface area contributed by atoms with Gasteiger partial charge in [-0.05, 0) is 36.9 Å². The minimum Gasteiger partial charge on any atom is -0.380 e. The first-order valence-electron chi connectivity index (χ1n) is 5.77. The summed E-state index contributed by atoms with van der Waals surface area (Å²) in [5.41, 5.74) is 8.31. The summed E-state index contributed by atoms with van der Waals surface area (Å²) in [5, 5.41) is 0. The zero-order chi connectivity index (χ0) is 10.5. The molecule has 0 aromatic heterocycles. The lowest BCUT2D eigenvalue weighted by molar-refractivity contribution is 0.00842. The van der Waals surface area contributed by atoms with Crippen molar-refractivity contribution >= 4 is 0 Å². The molecule has 2 nitrogen and oxygen atoms in total. The van der Waals surface area contributed by atoms with Gasteiger partial charge in [0.2, 0.25) is 0 Å². The van der Waals surface area contributed by atoms with E-state index in [0.717, 1.165) is 32.6 Å². The topological polar surface area (TPSA) is 35.2 Å². The van der Waals surface area contributed by atoms with Crippen LogP contribution in [0.5, 0.6) is 0 Å². The van der Waals surface area contributed by atoms with Gasteiger partial charge in [-0.2, -0.15) is 0 Å². The lowest BCUT2D eigenvalue weighted by Gasteiger charge is -2.26. The van der Waals surface area contributed by atoms with E-state index in [9.17, 15) is 0 Å². The molecule has 0 saturated carbocycles. The first-order valence-corrected chi connectivity index (χ1v) is 5.77. The summed E-state index contributed by atoms with van der Waals surface area (Å²) in [6.07, 6.45) is 3.47. The van der Waals surface area contributed by atoms with Crippen molar-refractivity contribution in [2.45, 2.75) is 25.2 Å². The van der Waals surface area contributed by atoms with Crippen molar-refractivity contribution in [1.82, 2.24) is 0 Å². The van der Waals surface area contributed by atoms with E-state index in [4.69, 9.17) is 10.5 Å². The summed E-state index contributed by atoms with van der Waals surface area (Å²) in [6, 6.07) is 8.96. The highest BCUT2D eigenvalue weighted by Gasteiger charge is 2.19. The lowest BCUT2D eigenvalue weighted by atomic mass is 9.96. The monoisotopic (exact) mass is 205 g/mol. The Morgan fingerprint density at radius 1 is 1.13 bits per heavy atom. The van der Waals surface area contributed by atoms with Gasteiger partial charge in [-0.25, -0.2) is 0 Å². The molecule has 15 heavy (non-hydrogen) atoms. The molecule has 0 amide bonds. The van der Waals surface area contributed by atoms with Gasteiger partial charge in [0, 0.05) is 5.92 Å². The third kappa shape index (κ3) is 2.80. The predicted molar refractivity (Wildman–Crippen MR) is 62.0 cm³/mol. The van der Waals surface area contributed by atoms with Gasteiger partial charge in [-0.15, -0.1) is 0 Å². The molecule has 1 aliphatic rings. The summed E-state index contributed by atoms with van der Waals surface area (Å²) in [4.78, 5) is 0. The van der Waals surface area contributed by atoms with Crippen molar-refractivity contribution in [3.05, 3.63) is 35.4 Å². The van der Waals surface area contributed by atoms with Crippen LogP contribution in [0, 0.1) is 0 Å². The molecule has 0 unspecified atom stereocenters. The second kappa shape index (κ2) is 5.29. The van der Waals surface area contributed by atoms with Gasteiger partial charge in [0.25, 0.3) is 0 Å². The van der Waals surface area contributed by atoms with Crippen LogP contribution in [0.15, 0.2) is 24.3 Å². The highest BCUT2D eigenvalue weighted by molar-refractivity contribution is 5.26. The van der Waals surface area contributed by atoms with E-state index in [0.29, 0.717) is 5.92 Å². The molecule has 1 heterocycles. The van der Waals surface area contributed by atoms with E-state index in [1.807, 2.05) is 0 Å². The SMILES string of the molecule is NCCCCc1ccc(C2COC2)cc1. The average Bonchev–Trinajstić information content (AvgIpc) is 2.18. The maximum Gasteiger partial charge on any atom is 0.0557 e. The van der Waals surface area contributed by atoms with Gasteiger partial charge >= 0.3 is 0 Å². The van der Waals surface area contributed by atoms with Gasteiger partial charge in [-0.3, -0.25) is 0 Å². The maximum absolute atomic E-state index is 5.47. The lowest BCUT2D eigenvalue weighted by Crippen LogP contribution is -2.24. The fourth-order valence-electron chi connectivity index (χ4n) is 1.86. The Morgan fingerprint density at radius 3 is 2.40 bits per heavy atom. The largest absolute Gasteiger partial charge is 0.380 e. The minimum absolute atomic E-state index is 0.642. The van der Waals surface area contributed by atoms with Crippen LogP contribution in [0.4, 0.5) is 0 Å². The van der Waals surface area contributed by atoms with E-state index in [-0.39, 0.29) is 0 Å². The second-order valence-electron chi connectivity index (χ2n) is 4.22. The molecular weight excluding hydrogens is 186 g/mol. The number of hydrogen-bond acceptors (Lipinski definition) is 2. The molecule has 0 bridgehead atoms. The Bertz CT molecular complexity index is 290. The molecule has 1 aromatic carbocycles. The van der Waals surface area contributed by atoms with E-state index in [2.05, 4.69) is 24.3 Å². The molecule has 2 rings (SSSR count). The molecule has 2 heteroatoms. The zero-order valence-corrected chi connectivity index (χ0v) is 9.11. The van der Waals surface area contributed by atoms with Crippen LogP contribution in [0.3, 0.4) is 0 Å². The van der Waals surface area contributed by atoms with Crippen LogP contribution in [0.1, 0.15) is 29.9 Å². The van der Waals surface area contributed by atoms with Gasteiger partial charge in [0.15, 0.2) is 0 Å². The Labute approximate surface area is 91.4 Å². The Balaban J connectivity index is 1.86. The van der Waals surface area contributed by atoms with Crippen molar-refractivity contribution in [3.63, 3.8) is 0 Å². The highest BCUT2D eigenvalue weighted by atomic mass is 16.5. The smallest absolute Gasteiger partial charge is 0.0557 e. The Morgan fingerprint density at radius 2 is 1.87 bits per heavy atom. The molecule has 0 atom stereocenters. The highest BCUT2D eigenvalue weighted by Crippen LogP contribution is 2.24. The number of rotatable bonds is 5. The number of aryl methyl sites for hydroxylation is 1. The fourth-order valence-corrected chi connectivity index (χ4v) is 1.86. The van der Waals surface area contributed by atoms with E-state index >= 15 is 0 Å². The molecule has 1 fully saturated rings. The normalized spacial score (nSPS) is 16.3. The Hall–Kier alpha value is -0.860. The van der Waals surface area contributed by atoms with Crippen LogP contribution in [-0.4, -0.2) is 19.8 Å². The van der Waals surface area contributed by atoms with Crippen molar-refractivity contribution in [2.24, 2.45) is 5.73 Å². The first kappa shape index (κ1) is 10.7. The first-order chi connectivity index (χ1) is 7.40. The number of unbranched alkanes of at least 4 members (excludes halogenated alkanes) is 1. The van der Waals surface area contributed by atoms with E-state index in [1.165, 1.54) is 17.5 Å². The third-order valence-corrected chi connectivity index (χ3v) is 3.01. The predicted octanol–water partition coefficient (Wildman–Crippen LogP) is 2.08. The molecular formula is C13H19NO. The summed E-state index contributed by atoms with van der Waals surface area (Å²) < 4.78 is 5.19. The number of hydrogen-bond donors (Lipinski definition) is 1. The van der Waals surface area contributed by atoms with Crippen LogP contribution in [-0.2, 0) is 11.2 Å².